The number of hydrogen-bond acceptors (Lipinski definition) is 4. The molecular weight excluding hydrogens is 358 g/mol. The highest BCUT2D eigenvalue weighted by atomic mass is 79.9. The summed E-state index contributed by atoms with van der Waals surface area (Å²) in [5, 5.41) is 3.32. The van der Waals surface area contributed by atoms with Crippen molar-refractivity contribution in [3.63, 3.8) is 0 Å². The molecule has 5 heteroatoms. The molecule has 0 spiro atoms. The minimum Gasteiger partial charge on any atom is -0.493 e. The Balaban J connectivity index is 2.03. The Bertz CT molecular complexity index is 605. The molecule has 2 aromatic carbocycles. The van der Waals surface area contributed by atoms with Crippen LogP contribution in [-0.4, -0.2) is 27.4 Å². The standard InChI is InChI=1S/C18H22BrNO3/c1-21-9-8-20-12-15-10-17(22-2)18(11-16(15)19)23-13-14-6-4-3-5-7-14/h3-7,10-11,20H,8-9,12-13H2,1-2H3. The predicted octanol–water partition coefficient (Wildman–Crippen LogP) is 3.77. The Kier molecular flexibility index (Phi) is 7.39. The summed E-state index contributed by atoms with van der Waals surface area (Å²) in [5.41, 5.74) is 2.24. The molecule has 0 saturated carbocycles. The second-order valence-corrected chi connectivity index (χ2v) is 5.89. The second kappa shape index (κ2) is 9.55. The van der Waals surface area contributed by atoms with Crippen molar-refractivity contribution in [1.82, 2.24) is 5.32 Å². The summed E-state index contributed by atoms with van der Waals surface area (Å²) in [4.78, 5) is 0. The fourth-order valence-electron chi connectivity index (χ4n) is 2.12. The van der Waals surface area contributed by atoms with Crippen LogP contribution in [0.2, 0.25) is 0 Å². The van der Waals surface area contributed by atoms with Gasteiger partial charge in [0, 0.05) is 24.7 Å². The molecule has 0 unspecified atom stereocenters. The summed E-state index contributed by atoms with van der Waals surface area (Å²) in [5.74, 6) is 1.46. The molecule has 4 nitrogen and oxygen atoms in total. The molecule has 124 valence electrons. The SMILES string of the molecule is COCCNCc1cc(OC)c(OCc2ccccc2)cc1Br. The molecule has 0 atom stereocenters. The van der Waals surface area contributed by atoms with Crippen molar-refractivity contribution in [2.24, 2.45) is 0 Å². The minimum atomic E-state index is 0.509. The summed E-state index contributed by atoms with van der Waals surface area (Å²) >= 11 is 3.60. The van der Waals surface area contributed by atoms with E-state index >= 15 is 0 Å². The number of benzene rings is 2. The largest absolute Gasteiger partial charge is 0.493 e. The van der Waals surface area contributed by atoms with Crippen molar-refractivity contribution in [3.05, 3.63) is 58.1 Å². The van der Waals surface area contributed by atoms with Crippen LogP contribution in [0, 0.1) is 0 Å². The lowest BCUT2D eigenvalue weighted by Crippen LogP contribution is -2.18. The summed E-state index contributed by atoms with van der Waals surface area (Å²) in [7, 11) is 3.35. The van der Waals surface area contributed by atoms with Crippen LogP contribution in [-0.2, 0) is 17.9 Å². The third kappa shape index (κ3) is 5.53. The number of hydrogen-bond donors (Lipinski definition) is 1. The molecule has 0 aliphatic rings. The van der Waals surface area contributed by atoms with E-state index in [2.05, 4.69) is 21.2 Å². The van der Waals surface area contributed by atoms with Crippen LogP contribution in [0.4, 0.5) is 0 Å². The normalized spacial score (nSPS) is 10.6. The van der Waals surface area contributed by atoms with Gasteiger partial charge in [0.2, 0.25) is 0 Å². The van der Waals surface area contributed by atoms with Crippen LogP contribution in [0.25, 0.3) is 0 Å². The third-order valence-electron chi connectivity index (χ3n) is 3.37. The van der Waals surface area contributed by atoms with E-state index in [-0.39, 0.29) is 0 Å². The molecule has 0 bridgehead atoms. The number of halogens is 1. The van der Waals surface area contributed by atoms with Crippen LogP contribution >= 0.6 is 15.9 Å². The number of ether oxygens (including phenoxy) is 3. The third-order valence-corrected chi connectivity index (χ3v) is 4.11. The molecule has 0 saturated heterocycles. The lowest BCUT2D eigenvalue weighted by Gasteiger charge is -2.14. The van der Waals surface area contributed by atoms with Crippen molar-refractivity contribution >= 4 is 15.9 Å². The maximum Gasteiger partial charge on any atom is 0.162 e. The van der Waals surface area contributed by atoms with Crippen molar-refractivity contribution in [1.29, 1.82) is 0 Å². The van der Waals surface area contributed by atoms with E-state index in [1.54, 1.807) is 14.2 Å². The quantitative estimate of drug-likeness (QED) is 0.673. The first kappa shape index (κ1) is 17.8. The Hall–Kier alpha value is -1.56. The molecule has 0 amide bonds. The maximum absolute atomic E-state index is 5.90. The fourth-order valence-corrected chi connectivity index (χ4v) is 2.58. The van der Waals surface area contributed by atoms with Gasteiger partial charge in [0.25, 0.3) is 0 Å². The molecule has 0 aliphatic carbocycles. The second-order valence-electron chi connectivity index (χ2n) is 5.04. The highest BCUT2D eigenvalue weighted by Crippen LogP contribution is 2.34. The topological polar surface area (TPSA) is 39.7 Å². The smallest absolute Gasteiger partial charge is 0.162 e. The van der Waals surface area contributed by atoms with Crippen LogP contribution in [0.3, 0.4) is 0 Å². The van der Waals surface area contributed by atoms with Crippen LogP contribution < -0.4 is 14.8 Å². The maximum atomic E-state index is 5.90. The highest BCUT2D eigenvalue weighted by Gasteiger charge is 2.10. The first-order valence-corrected chi connectivity index (χ1v) is 8.26. The summed E-state index contributed by atoms with van der Waals surface area (Å²) in [6, 6.07) is 14.0. The molecule has 2 rings (SSSR count). The van der Waals surface area contributed by atoms with Gasteiger partial charge in [0.05, 0.1) is 13.7 Å². The van der Waals surface area contributed by atoms with Crippen molar-refractivity contribution in [3.8, 4) is 11.5 Å². The molecule has 0 heterocycles. The van der Waals surface area contributed by atoms with Gasteiger partial charge in [-0.25, -0.2) is 0 Å². The van der Waals surface area contributed by atoms with E-state index in [4.69, 9.17) is 14.2 Å². The number of nitrogens with one attached hydrogen (secondary N) is 1. The predicted molar refractivity (Wildman–Crippen MR) is 95.1 cm³/mol. The summed E-state index contributed by atoms with van der Waals surface area (Å²) < 4.78 is 17.4. The molecular formula is C18H22BrNO3. The molecule has 23 heavy (non-hydrogen) atoms. The van der Waals surface area contributed by atoms with Gasteiger partial charge in [-0.15, -0.1) is 0 Å². The molecule has 0 radical (unpaired) electrons. The Morgan fingerprint density at radius 3 is 2.52 bits per heavy atom. The van der Waals surface area contributed by atoms with Crippen LogP contribution in [0.5, 0.6) is 11.5 Å². The molecule has 2 aromatic rings. The molecule has 0 aromatic heterocycles. The van der Waals surface area contributed by atoms with Gasteiger partial charge in [-0.2, -0.15) is 0 Å². The Morgan fingerprint density at radius 2 is 1.83 bits per heavy atom. The van der Waals surface area contributed by atoms with E-state index in [0.29, 0.717) is 13.2 Å². The van der Waals surface area contributed by atoms with Gasteiger partial charge >= 0.3 is 0 Å². The van der Waals surface area contributed by atoms with E-state index in [1.165, 1.54) is 0 Å². The van der Waals surface area contributed by atoms with E-state index in [1.807, 2.05) is 42.5 Å². The first-order chi connectivity index (χ1) is 11.2. The van der Waals surface area contributed by atoms with Gasteiger partial charge in [-0.3, -0.25) is 0 Å². The zero-order valence-corrected chi connectivity index (χ0v) is 15.1. The van der Waals surface area contributed by atoms with E-state index in [0.717, 1.165) is 40.2 Å². The number of rotatable bonds is 9. The van der Waals surface area contributed by atoms with Crippen molar-refractivity contribution < 1.29 is 14.2 Å². The zero-order valence-electron chi connectivity index (χ0n) is 13.5. The van der Waals surface area contributed by atoms with Crippen LogP contribution in [0.15, 0.2) is 46.9 Å². The molecule has 0 aliphatic heterocycles. The zero-order chi connectivity index (χ0) is 16.5. The summed E-state index contributed by atoms with van der Waals surface area (Å²) in [6.07, 6.45) is 0. The minimum absolute atomic E-state index is 0.509. The lowest BCUT2D eigenvalue weighted by atomic mass is 10.2. The van der Waals surface area contributed by atoms with E-state index < -0.39 is 0 Å². The number of methoxy groups -OCH3 is 2. The molecule has 1 N–H and O–H groups in total. The lowest BCUT2D eigenvalue weighted by molar-refractivity contribution is 0.199. The average Bonchev–Trinajstić information content (AvgIpc) is 2.59. The average molecular weight is 380 g/mol. The van der Waals surface area contributed by atoms with Gasteiger partial charge in [0.1, 0.15) is 6.61 Å². The van der Waals surface area contributed by atoms with Gasteiger partial charge in [-0.1, -0.05) is 46.3 Å². The van der Waals surface area contributed by atoms with Crippen LogP contribution in [0.1, 0.15) is 11.1 Å². The first-order valence-electron chi connectivity index (χ1n) is 7.47. The van der Waals surface area contributed by atoms with Gasteiger partial charge in [0.15, 0.2) is 11.5 Å². The monoisotopic (exact) mass is 379 g/mol. The molecule has 0 fully saturated rings. The summed E-state index contributed by atoms with van der Waals surface area (Å²) in [6.45, 7) is 2.74. The Morgan fingerprint density at radius 1 is 1.04 bits per heavy atom. The Labute approximate surface area is 145 Å². The highest BCUT2D eigenvalue weighted by molar-refractivity contribution is 9.10. The van der Waals surface area contributed by atoms with E-state index in [9.17, 15) is 0 Å². The van der Waals surface area contributed by atoms with Gasteiger partial charge in [-0.05, 0) is 23.3 Å². The van der Waals surface area contributed by atoms with Gasteiger partial charge < -0.3 is 19.5 Å². The van der Waals surface area contributed by atoms with Crippen molar-refractivity contribution in [2.45, 2.75) is 13.2 Å². The van der Waals surface area contributed by atoms with Crippen molar-refractivity contribution in [2.75, 3.05) is 27.4 Å². The fraction of sp³-hybridized carbons (Fsp3) is 0.333.